The van der Waals surface area contributed by atoms with E-state index in [-0.39, 0.29) is 18.1 Å². The first-order chi connectivity index (χ1) is 10.8. The number of carboxylic acids is 1. The van der Waals surface area contributed by atoms with E-state index in [2.05, 4.69) is 4.98 Å². The first-order valence-electron chi connectivity index (χ1n) is 6.49. The van der Waals surface area contributed by atoms with Gasteiger partial charge in [0.25, 0.3) is 0 Å². The number of aromatic nitrogens is 1. The van der Waals surface area contributed by atoms with Crippen LogP contribution in [0.3, 0.4) is 0 Å². The largest absolute Gasteiger partial charge is 0.476 e. The van der Waals surface area contributed by atoms with Crippen LogP contribution in [-0.4, -0.2) is 49.2 Å². The van der Waals surface area contributed by atoms with Gasteiger partial charge in [0.1, 0.15) is 5.00 Å². The van der Waals surface area contributed by atoms with Gasteiger partial charge in [0.2, 0.25) is 0 Å². The van der Waals surface area contributed by atoms with E-state index in [0.717, 1.165) is 17.0 Å². The summed E-state index contributed by atoms with van der Waals surface area (Å²) >= 11 is 0.837. The maximum atomic E-state index is 11.6. The second kappa shape index (κ2) is 6.94. The van der Waals surface area contributed by atoms with Crippen LogP contribution in [-0.2, 0) is 10.3 Å². The Morgan fingerprint density at radius 3 is 2.48 bits per heavy atom. The number of thiazole rings is 1. The highest BCUT2D eigenvalue weighted by molar-refractivity contribution is 7.87. The number of anilines is 2. The van der Waals surface area contributed by atoms with Gasteiger partial charge in [0.05, 0.1) is 12.1 Å². The molecule has 2 rings (SSSR count). The van der Waals surface area contributed by atoms with Crippen molar-refractivity contribution in [3.63, 3.8) is 0 Å². The highest BCUT2D eigenvalue weighted by atomic mass is 32.2. The van der Waals surface area contributed by atoms with Crippen molar-refractivity contribution in [2.45, 2.75) is 0 Å². The molecule has 0 amide bonds. The molecular weight excluding hydrogens is 342 g/mol. The molecule has 0 aliphatic carbocycles. The summed E-state index contributed by atoms with van der Waals surface area (Å²) in [6, 6.07) is 9.26. The zero-order valence-corrected chi connectivity index (χ0v) is 13.8. The molecule has 2 aromatic rings. The number of hydrogen-bond donors (Lipinski definition) is 2. The van der Waals surface area contributed by atoms with Crippen LogP contribution in [0.2, 0.25) is 0 Å². The maximum Gasteiger partial charge on any atom is 0.360 e. The molecule has 0 atom stereocenters. The summed E-state index contributed by atoms with van der Waals surface area (Å²) in [4.78, 5) is 16.5. The number of carboxylic acid groups (broad SMARTS) is 1. The van der Waals surface area contributed by atoms with Crippen LogP contribution in [0.25, 0.3) is 0 Å². The Morgan fingerprint density at radius 2 is 1.91 bits per heavy atom. The average molecular weight is 357 g/mol. The lowest BCUT2D eigenvalue weighted by atomic mass is 10.3. The Labute approximate surface area is 137 Å². The summed E-state index contributed by atoms with van der Waals surface area (Å²) in [7, 11) is -2.84. The standard InChI is InChI=1S/C13H15N3O5S2/c1-15(10-5-3-2-4-6-10)7-8-16(23(19,20)21)12-11(13(17)18)14-9-22-12/h2-6,9H,7-8H2,1H3,(H,17,18)(H,19,20,21). The Hall–Kier alpha value is -2.17. The lowest BCUT2D eigenvalue weighted by Gasteiger charge is -2.24. The van der Waals surface area contributed by atoms with Crippen LogP contribution >= 0.6 is 11.3 Å². The van der Waals surface area contributed by atoms with Crippen LogP contribution in [0.4, 0.5) is 10.7 Å². The maximum absolute atomic E-state index is 11.6. The minimum Gasteiger partial charge on any atom is -0.476 e. The summed E-state index contributed by atoms with van der Waals surface area (Å²) in [6.45, 7) is 0.132. The van der Waals surface area contributed by atoms with Gasteiger partial charge in [0, 0.05) is 19.3 Å². The fourth-order valence-corrected chi connectivity index (χ4v) is 3.68. The second-order valence-corrected chi connectivity index (χ2v) is 6.79. The molecular formula is C13H15N3O5S2. The van der Waals surface area contributed by atoms with Crippen molar-refractivity contribution in [2.24, 2.45) is 0 Å². The lowest BCUT2D eigenvalue weighted by molar-refractivity contribution is 0.0692. The average Bonchev–Trinajstić information content (AvgIpc) is 2.96. The SMILES string of the molecule is CN(CCN(c1scnc1C(=O)O)S(=O)(=O)O)c1ccccc1. The van der Waals surface area contributed by atoms with Crippen molar-refractivity contribution in [3.05, 3.63) is 41.5 Å². The molecule has 0 aliphatic rings. The molecule has 0 unspecified atom stereocenters. The number of para-hydroxylation sites is 1. The van der Waals surface area contributed by atoms with Gasteiger partial charge in [-0.2, -0.15) is 8.42 Å². The Balaban J connectivity index is 2.21. The summed E-state index contributed by atoms with van der Waals surface area (Å²) in [5.74, 6) is -1.36. The van der Waals surface area contributed by atoms with Crippen molar-refractivity contribution in [3.8, 4) is 0 Å². The summed E-state index contributed by atoms with van der Waals surface area (Å²) < 4.78 is 33.3. The van der Waals surface area contributed by atoms with E-state index in [4.69, 9.17) is 5.11 Å². The normalized spacial score (nSPS) is 11.2. The topological polar surface area (TPSA) is 111 Å². The highest BCUT2D eigenvalue weighted by Crippen LogP contribution is 2.27. The monoisotopic (exact) mass is 357 g/mol. The van der Waals surface area contributed by atoms with E-state index in [0.29, 0.717) is 4.31 Å². The molecule has 8 nitrogen and oxygen atoms in total. The molecule has 0 spiro atoms. The Kier molecular flexibility index (Phi) is 5.19. The van der Waals surface area contributed by atoms with Gasteiger partial charge >= 0.3 is 16.3 Å². The Bertz CT molecular complexity index is 776. The van der Waals surface area contributed by atoms with Crippen LogP contribution in [0.1, 0.15) is 10.5 Å². The van der Waals surface area contributed by atoms with Gasteiger partial charge in [0.15, 0.2) is 5.69 Å². The molecule has 23 heavy (non-hydrogen) atoms. The molecule has 1 heterocycles. The van der Waals surface area contributed by atoms with Gasteiger partial charge in [-0.25, -0.2) is 14.1 Å². The predicted octanol–water partition coefficient (Wildman–Crippen LogP) is 1.59. The molecule has 10 heteroatoms. The fraction of sp³-hybridized carbons (Fsp3) is 0.231. The van der Waals surface area contributed by atoms with Gasteiger partial charge in [-0.15, -0.1) is 11.3 Å². The third kappa shape index (κ3) is 4.18. The zero-order chi connectivity index (χ0) is 17.0. The molecule has 0 bridgehead atoms. The van der Waals surface area contributed by atoms with Crippen molar-refractivity contribution < 1.29 is 22.9 Å². The summed E-state index contributed by atoms with van der Waals surface area (Å²) in [5.41, 5.74) is 1.68. The summed E-state index contributed by atoms with van der Waals surface area (Å²) in [5, 5.41) is 8.93. The van der Waals surface area contributed by atoms with Gasteiger partial charge in [-0.3, -0.25) is 4.55 Å². The van der Waals surface area contributed by atoms with E-state index in [9.17, 15) is 17.8 Å². The summed E-state index contributed by atoms with van der Waals surface area (Å²) in [6.07, 6.45) is 0. The van der Waals surface area contributed by atoms with E-state index in [1.165, 1.54) is 5.51 Å². The number of benzene rings is 1. The van der Waals surface area contributed by atoms with Crippen LogP contribution in [0.15, 0.2) is 35.8 Å². The van der Waals surface area contributed by atoms with Gasteiger partial charge < -0.3 is 10.0 Å². The van der Waals surface area contributed by atoms with Crippen molar-refractivity contribution >= 4 is 38.3 Å². The molecule has 1 aromatic heterocycles. The molecule has 124 valence electrons. The van der Waals surface area contributed by atoms with E-state index in [1.807, 2.05) is 30.3 Å². The fourth-order valence-electron chi connectivity index (χ4n) is 1.94. The second-order valence-electron chi connectivity index (χ2n) is 4.62. The number of likely N-dealkylation sites (N-methyl/N-ethyl adjacent to an activating group) is 1. The molecule has 0 radical (unpaired) electrons. The quantitative estimate of drug-likeness (QED) is 0.724. The van der Waals surface area contributed by atoms with E-state index < -0.39 is 22.0 Å². The first-order valence-corrected chi connectivity index (χ1v) is 8.76. The van der Waals surface area contributed by atoms with Crippen molar-refractivity contribution in [1.29, 1.82) is 0 Å². The molecule has 0 saturated heterocycles. The minimum atomic E-state index is -4.61. The van der Waals surface area contributed by atoms with Crippen molar-refractivity contribution in [2.75, 3.05) is 29.3 Å². The first kappa shape index (κ1) is 17.2. The molecule has 1 aromatic carbocycles. The molecule has 0 saturated carbocycles. The number of rotatable bonds is 7. The van der Waals surface area contributed by atoms with Gasteiger partial charge in [-0.05, 0) is 12.1 Å². The minimum absolute atomic E-state index is 0.118. The highest BCUT2D eigenvalue weighted by Gasteiger charge is 2.27. The smallest absolute Gasteiger partial charge is 0.360 e. The number of hydrogen-bond acceptors (Lipinski definition) is 6. The zero-order valence-electron chi connectivity index (χ0n) is 12.2. The third-order valence-corrected chi connectivity index (χ3v) is 4.98. The lowest BCUT2D eigenvalue weighted by Crippen LogP contribution is -2.37. The number of nitrogens with zero attached hydrogens (tertiary/aromatic N) is 3. The third-order valence-electron chi connectivity index (χ3n) is 3.09. The number of carbonyl (C=O) groups is 1. The number of aromatic carboxylic acids is 1. The Morgan fingerprint density at radius 1 is 1.26 bits per heavy atom. The molecule has 2 N–H and O–H groups in total. The predicted molar refractivity (Wildman–Crippen MR) is 87.7 cm³/mol. The van der Waals surface area contributed by atoms with Gasteiger partial charge in [-0.1, -0.05) is 18.2 Å². The van der Waals surface area contributed by atoms with Crippen LogP contribution in [0, 0.1) is 0 Å². The van der Waals surface area contributed by atoms with E-state index in [1.54, 1.807) is 11.9 Å². The molecule has 0 aliphatic heterocycles. The van der Waals surface area contributed by atoms with Crippen molar-refractivity contribution in [1.82, 2.24) is 4.98 Å². The molecule has 0 fully saturated rings. The van der Waals surface area contributed by atoms with E-state index >= 15 is 0 Å². The van der Waals surface area contributed by atoms with Crippen LogP contribution < -0.4 is 9.21 Å². The van der Waals surface area contributed by atoms with Crippen LogP contribution in [0.5, 0.6) is 0 Å².